The molecule has 1 heterocycles. The molecule has 4 fully saturated rings. The van der Waals surface area contributed by atoms with E-state index >= 15 is 0 Å². The monoisotopic (exact) mass is 498 g/mol. The number of fused-ring (bicyclic) bond motifs is 5. The second-order valence-electron chi connectivity index (χ2n) is 13.8. The van der Waals surface area contributed by atoms with Crippen LogP contribution in [0, 0.1) is 40.4 Å². The van der Waals surface area contributed by atoms with Crippen molar-refractivity contribution in [1.29, 1.82) is 0 Å². The molecule has 0 aromatic carbocycles. The van der Waals surface area contributed by atoms with Crippen LogP contribution in [0.1, 0.15) is 98.8 Å². The van der Waals surface area contributed by atoms with Crippen molar-refractivity contribution in [2.24, 2.45) is 40.4 Å². The Kier molecular flexibility index (Phi) is 7.11. The minimum absolute atomic E-state index is 0.112. The summed E-state index contributed by atoms with van der Waals surface area (Å²) >= 11 is 0. The normalized spacial score (nSPS) is 43.2. The van der Waals surface area contributed by atoms with Crippen molar-refractivity contribution in [2.45, 2.75) is 111 Å². The minimum Gasteiger partial charge on any atom is -0.393 e. The summed E-state index contributed by atoms with van der Waals surface area (Å²) in [5.74, 6) is 4.07. The van der Waals surface area contributed by atoms with Crippen molar-refractivity contribution in [3.8, 4) is 0 Å². The predicted octanol–water partition coefficient (Wildman–Crippen LogP) is 5.42. The third-order valence-corrected chi connectivity index (χ3v) is 12.0. The molecule has 5 nitrogen and oxygen atoms in total. The number of rotatable bonds is 4. The Morgan fingerprint density at radius 3 is 2.61 bits per heavy atom. The van der Waals surface area contributed by atoms with Crippen LogP contribution in [-0.4, -0.2) is 58.5 Å². The van der Waals surface area contributed by atoms with Gasteiger partial charge in [0.1, 0.15) is 0 Å². The molecule has 9 atom stereocenters. The number of piperazine rings is 1. The predicted molar refractivity (Wildman–Crippen MR) is 143 cm³/mol. The van der Waals surface area contributed by atoms with Crippen molar-refractivity contribution in [3.63, 3.8) is 0 Å². The highest BCUT2D eigenvalue weighted by molar-refractivity contribution is 5.77. The number of hydrogen-bond acceptors (Lipinski definition) is 3. The molecule has 202 valence electrons. The highest BCUT2D eigenvalue weighted by Crippen LogP contribution is 2.67. The SMILES string of the molecule is CC(=O)N1CCN(C(=O)CCC(C)[C@H]2CC[C@H]3[C@@H]4CC=C5C[C@@H](O)CC[C@]5(C)[C@H]4CC[C@]23C)[C@@H](C)C1. The second-order valence-corrected chi connectivity index (χ2v) is 13.8. The fourth-order valence-electron chi connectivity index (χ4n) is 9.93. The number of nitrogens with zero attached hydrogens (tertiary/aromatic N) is 2. The van der Waals surface area contributed by atoms with Crippen molar-refractivity contribution in [3.05, 3.63) is 11.6 Å². The molecule has 3 saturated carbocycles. The molecule has 1 saturated heterocycles. The van der Waals surface area contributed by atoms with Crippen LogP contribution in [0.25, 0.3) is 0 Å². The van der Waals surface area contributed by atoms with Gasteiger partial charge in [0, 0.05) is 39.0 Å². The fourth-order valence-corrected chi connectivity index (χ4v) is 9.93. The maximum atomic E-state index is 13.1. The van der Waals surface area contributed by atoms with Gasteiger partial charge >= 0.3 is 0 Å². The smallest absolute Gasteiger partial charge is 0.222 e. The van der Waals surface area contributed by atoms with Crippen LogP contribution in [0.2, 0.25) is 0 Å². The van der Waals surface area contributed by atoms with Gasteiger partial charge in [-0.25, -0.2) is 0 Å². The minimum atomic E-state index is -0.129. The maximum absolute atomic E-state index is 13.1. The van der Waals surface area contributed by atoms with E-state index < -0.39 is 0 Å². The Balaban J connectivity index is 1.21. The number of carbonyl (C=O) groups excluding carboxylic acids is 2. The lowest BCUT2D eigenvalue weighted by atomic mass is 9.47. The summed E-state index contributed by atoms with van der Waals surface area (Å²) < 4.78 is 0. The molecule has 36 heavy (non-hydrogen) atoms. The van der Waals surface area contributed by atoms with Gasteiger partial charge in [0.25, 0.3) is 0 Å². The Morgan fingerprint density at radius 1 is 1.11 bits per heavy atom. The number of carbonyl (C=O) groups is 2. The molecule has 5 aliphatic rings. The van der Waals surface area contributed by atoms with Crippen LogP contribution in [0.15, 0.2) is 11.6 Å². The molecule has 1 unspecified atom stereocenters. The number of amides is 2. The summed E-state index contributed by atoms with van der Waals surface area (Å²) in [7, 11) is 0. The number of hydrogen-bond donors (Lipinski definition) is 1. The summed E-state index contributed by atoms with van der Waals surface area (Å²) in [6, 6.07) is 0.112. The Morgan fingerprint density at radius 2 is 1.89 bits per heavy atom. The van der Waals surface area contributed by atoms with Crippen LogP contribution >= 0.6 is 0 Å². The molecule has 0 radical (unpaired) electrons. The van der Waals surface area contributed by atoms with E-state index in [1.54, 1.807) is 12.5 Å². The van der Waals surface area contributed by atoms with Crippen LogP contribution in [0.3, 0.4) is 0 Å². The quantitative estimate of drug-likeness (QED) is 0.527. The molecule has 0 aromatic rings. The van der Waals surface area contributed by atoms with Gasteiger partial charge in [0.2, 0.25) is 11.8 Å². The highest BCUT2D eigenvalue weighted by Gasteiger charge is 2.59. The maximum Gasteiger partial charge on any atom is 0.222 e. The summed E-state index contributed by atoms with van der Waals surface area (Å²) in [6.07, 6.45) is 13.6. The Bertz CT molecular complexity index is 900. The van der Waals surface area contributed by atoms with Crippen molar-refractivity contribution in [2.75, 3.05) is 19.6 Å². The van der Waals surface area contributed by atoms with E-state index in [2.05, 4.69) is 33.8 Å². The lowest BCUT2D eigenvalue weighted by Gasteiger charge is -2.58. The summed E-state index contributed by atoms with van der Waals surface area (Å²) in [5, 5.41) is 10.3. The molecule has 1 aliphatic heterocycles. The number of aliphatic hydroxyl groups is 1. The molecule has 1 N–H and O–H groups in total. The van der Waals surface area contributed by atoms with E-state index in [1.165, 1.54) is 32.1 Å². The van der Waals surface area contributed by atoms with Crippen LogP contribution < -0.4 is 0 Å². The standard InChI is InChI=1S/C31H50N2O3/c1-20(6-11-29(36)33-17-16-32(22(3)34)19-21(33)2)26-9-10-27-25-8-7-23-18-24(35)12-14-30(23,4)28(25)13-15-31(26,27)5/h7,20-21,24-28,35H,6,8-19H2,1-5H3/t20?,21-,24-,25-,26+,27-,28-,30-,31+/m0/s1. The fraction of sp³-hybridized carbons (Fsp3) is 0.871. The Labute approximate surface area is 219 Å². The molecular formula is C31H50N2O3. The summed E-state index contributed by atoms with van der Waals surface area (Å²) in [5.41, 5.74) is 2.27. The third kappa shape index (κ3) is 4.35. The molecule has 2 amide bonds. The number of aliphatic hydroxyl groups excluding tert-OH is 1. The van der Waals surface area contributed by atoms with Crippen LogP contribution in [0.4, 0.5) is 0 Å². The largest absolute Gasteiger partial charge is 0.393 e. The molecular weight excluding hydrogens is 448 g/mol. The van der Waals surface area contributed by atoms with Crippen LogP contribution in [-0.2, 0) is 9.59 Å². The van der Waals surface area contributed by atoms with E-state index in [0.29, 0.717) is 42.8 Å². The second kappa shape index (κ2) is 9.75. The Hall–Kier alpha value is -1.36. The lowest BCUT2D eigenvalue weighted by molar-refractivity contribution is -0.141. The first-order chi connectivity index (χ1) is 17.0. The molecule has 4 aliphatic carbocycles. The average molecular weight is 499 g/mol. The van der Waals surface area contributed by atoms with E-state index in [4.69, 9.17) is 0 Å². The molecule has 5 rings (SSSR count). The zero-order valence-corrected chi connectivity index (χ0v) is 23.5. The molecule has 0 aromatic heterocycles. The molecule has 5 heteroatoms. The van der Waals surface area contributed by atoms with Gasteiger partial charge in [-0.05, 0) is 105 Å². The van der Waals surface area contributed by atoms with Gasteiger partial charge in [-0.3, -0.25) is 9.59 Å². The third-order valence-electron chi connectivity index (χ3n) is 12.0. The van der Waals surface area contributed by atoms with Gasteiger partial charge in [-0.2, -0.15) is 0 Å². The first-order valence-corrected chi connectivity index (χ1v) is 15.0. The summed E-state index contributed by atoms with van der Waals surface area (Å²) in [6.45, 7) is 13.2. The van der Waals surface area contributed by atoms with E-state index in [1.807, 2.05) is 9.80 Å². The van der Waals surface area contributed by atoms with Crippen molar-refractivity contribution in [1.82, 2.24) is 9.80 Å². The van der Waals surface area contributed by atoms with E-state index in [0.717, 1.165) is 49.4 Å². The zero-order valence-electron chi connectivity index (χ0n) is 23.5. The highest BCUT2D eigenvalue weighted by atomic mass is 16.3. The van der Waals surface area contributed by atoms with Gasteiger partial charge in [0.15, 0.2) is 0 Å². The van der Waals surface area contributed by atoms with Gasteiger partial charge in [-0.15, -0.1) is 0 Å². The van der Waals surface area contributed by atoms with Crippen LogP contribution in [0.5, 0.6) is 0 Å². The first-order valence-electron chi connectivity index (χ1n) is 15.0. The number of allylic oxidation sites excluding steroid dienone is 1. The lowest BCUT2D eigenvalue weighted by Crippen LogP contribution is -2.55. The van der Waals surface area contributed by atoms with Crippen molar-refractivity contribution < 1.29 is 14.7 Å². The first kappa shape index (κ1) is 26.3. The van der Waals surface area contributed by atoms with Gasteiger partial charge in [-0.1, -0.05) is 32.4 Å². The average Bonchev–Trinajstić information content (AvgIpc) is 3.20. The molecule has 0 bridgehead atoms. The van der Waals surface area contributed by atoms with Gasteiger partial charge < -0.3 is 14.9 Å². The topological polar surface area (TPSA) is 60.9 Å². The molecule has 0 spiro atoms. The van der Waals surface area contributed by atoms with E-state index in [-0.39, 0.29) is 24.0 Å². The van der Waals surface area contributed by atoms with Gasteiger partial charge in [0.05, 0.1) is 6.10 Å². The van der Waals surface area contributed by atoms with E-state index in [9.17, 15) is 14.7 Å². The summed E-state index contributed by atoms with van der Waals surface area (Å²) in [4.78, 5) is 28.8. The van der Waals surface area contributed by atoms with Crippen molar-refractivity contribution >= 4 is 11.8 Å². The zero-order chi connectivity index (χ0) is 25.8.